The first-order valence-corrected chi connectivity index (χ1v) is 11.3. The number of H-pyrrole nitrogens is 1. The van der Waals surface area contributed by atoms with Crippen LogP contribution in [0.4, 0.5) is 0 Å². The Hall–Kier alpha value is -2.76. The molecule has 31 heavy (non-hydrogen) atoms. The van der Waals surface area contributed by atoms with Crippen LogP contribution in [0.2, 0.25) is 0 Å². The zero-order chi connectivity index (χ0) is 22.4. The van der Waals surface area contributed by atoms with Crippen LogP contribution in [-0.2, 0) is 16.1 Å². The lowest BCUT2D eigenvalue weighted by atomic mass is 9.93. The Bertz CT molecular complexity index is 884. The van der Waals surface area contributed by atoms with Gasteiger partial charge in [0.05, 0.1) is 6.61 Å². The molecule has 1 N–H and O–H groups in total. The number of esters is 1. The number of hydrogen-bond donors (Lipinski definition) is 1. The number of carbonyl (C=O) groups excluding carboxylic acids is 2. The van der Waals surface area contributed by atoms with Gasteiger partial charge in [-0.05, 0) is 63.8 Å². The molecule has 1 aromatic heterocycles. The van der Waals surface area contributed by atoms with Gasteiger partial charge in [-0.25, -0.2) is 4.79 Å². The first-order valence-electron chi connectivity index (χ1n) is 11.3. The number of hydrogen-bond acceptors (Lipinski definition) is 4. The standard InChI is InChI=1S/C25H34N2O4/c1-5-30-25(29)23-17(2)22(18(3)26-23)16-27(20-12-8-6-9-13-20)24(28)19(4)31-21-14-10-7-11-15-21/h7,10-11,14-15,19-20,26H,5-6,8-9,12-13,16H2,1-4H3. The number of aryl methyl sites for hydroxylation is 1. The summed E-state index contributed by atoms with van der Waals surface area (Å²) in [4.78, 5) is 31.0. The fraction of sp³-hybridized carbons (Fsp3) is 0.520. The minimum absolute atomic E-state index is 0.0200. The van der Waals surface area contributed by atoms with Crippen molar-refractivity contribution in [1.29, 1.82) is 0 Å². The second-order valence-electron chi connectivity index (χ2n) is 8.28. The van der Waals surface area contributed by atoms with Crippen molar-refractivity contribution >= 4 is 11.9 Å². The Labute approximate surface area is 184 Å². The van der Waals surface area contributed by atoms with Crippen LogP contribution in [0.5, 0.6) is 5.75 Å². The summed E-state index contributed by atoms with van der Waals surface area (Å²) in [5.74, 6) is 0.310. The summed E-state index contributed by atoms with van der Waals surface area (Å²) in [6.45, 7) is 8.25. The highest BCUT2D eigenvalue weighted by Gasteiger charge is 2.31. The SMILES string of the molecule is CCOC(=O)c1[nH]c(C)c(CN(C(=O)C(C)Oc2ccccc2)C2CCCCC2)c1C. The van der Waals surface area contributed by atoms with E-state index < -0.39 is 6.10 Å². The van der Waals surface area contributed by atoms with E-state index in [1.54, 1.807) is 6.92 Å². The van der Waals surface area contributed by atoms with Crippen molar-refractivity contribution in [3.8, 4) is 5.75 Å². The molecule has 1 aliphatic carbocycles. The number of rotatable bonds is 8. The molecule has 3 rings (SSSR count). The van der Waals surface area contributed by atoms with E-state index in [9.17, 15) is 9.59 Å². The summed E-state index contributed by atoms with van der Waals surface area (Å²) in [5.41, 5.74) is 3.19. The molecule has 6 heteroatoms. The van der Waals surface area contributed by atoms with Crippen molar-refractivity contribution < 1.29 is 19.1 Å². The fourth-order valence-corrected chi connectivity index (χ4v) is 4.37. The van der Waals surface area contributed by atoms with Crippen molar-refractivity contribution in [2.75, 3.05) is 6.61 Å². The highest BCUT2D eigenvalue weighted by atomic mass is 16.5. The highest BCUT2D eigenvalue weighted by molar-refractivity contribution is 5.90. The topological polar surface area (TPSA) is 71.6 Å². The molecule has 1 fully saturated rings. The molecule has 0 aliphatic heterocycles. The van der Waals surface area contributed by atoms with Crippen LogP contribution in [0.3, 0.4) is 0 Å². The Kier molecular flexibility index (Phi) is 7.77. The maximum Gasteiger partial charge on any atom is 0.355 e. The van der Waals surface area contributed by atoms with Gasteiger partial charge in [-0.1, -0.05) is 37.5 Å². The van der Waals surface area contributed by atoms with Crippen LogP contribution < -0.4 is 4.74 Å². The molecule has 6 nitrogen and oxygen atoms in total. The number of para-hydroxylation sites is 1. The summed E-state index contributed by atoms with van der Waals surface area (Å²) in [6.07, 6.45) is 4.87. The normalized spacial score (nSPS) is 15.4. The molecule has 1 atom stereocenters. The molecule has 0 bridgehead atoms. The molecule has 0 radical (unpaired) electrons. The number of nitrogens with zero attached hydrogens (tertiary/aromatic N) is 1. The molecule has 168 valence electrons. The van der Waals surface area contributed by atoms with E-state index in [2.05, 4.69) is 4.98 Å². The monoisotopic (exact) mass is 426 g/mol. The average Bonchev–Trinajstić information content (AvgIpc) is 3.06. The molecular weight excluding hydrogens is 392 g/mol. The van der Waals surface area contributed by atoms with Crippen LogP contribution >= 0.6 is 0 Å². The fourth-order valence-electron chi connectivity index (χ4n) is 4.37. The molecule has 1 aliphatic rings. The third kappa shape index (κ3) is 5.49. The summed E-state index contributed by atoms with van der Waals surface area (Å²) in [5, 5.41) is 0. The number of amides is 1. The van der Waals surface area contributed by atoms with Crippen LogP contribution in [0.15, 0.2) is 30.3 Å². The van der Waals surface area contributed by atoms with Crippen LogP contribution in [0.25, 0.3) is 0 Å². The molecule has 1 aromatic carbocycles. The summed E-state index contributed by atoms with van der Waals surface area (Å²) < 4.78 is 11.1. The van der Waals surface area contributed by atoms with Crippen molar-refractivity contribution in [2.45, 2.75) is 78.5 Å². The first kappa shape index (κ1) is 22.9. The second kappa shape index (κ2) is 10.5. The summed E-state index contributed by atoms with van der Waals surface area (Å²) in [6, 6.07) is 9.63. The van der Waals surface area contributed by atoms with Gasteiger partial charge in [0.1, 0.15) is 11.4 Å². The predicted octanol–water partition coefficient (Wildman–Crippen LogP) is 4.94. The lowest BCUT2D eigenvalue weighted by Crippen LogP contribution is -2.46. The molecule has 0 saturated heterocycles. The Morgan fingerprint density at radius 1 is 1.13 bits per heavy atom. The first-order chi connectivity index (χ1) is 14.9. The van der Waals surface area contributed by atoms with Gasteiger partial charge >= 0.3 is 5.97 Å². The van der Waals surface area contributed by atoms with Gasteiger partial charge in [-0.3, -0.25) is 4.79 Å². The van der Waals surface area contributed by atoms with Crippen molar-refractivity contribution in [1.82, 2.24) is 9.88 Å². The predicted molar refractivity (Wildman–Crippen MR) is 120 cm³/mol. The molecule has 1 amide bonds. The van der Waals surface area contributed by atoms with Gasteiger partial charge in [-0.2, -0.15) is 0 Å². The average molecular weight is 427 g/mol. The van der Waals surface area contributed by atoms with Crippen LogP contribution in [0.1, 0.15) is 73.3 Å². The van der Waals surface area contributed by atoms with E-state index in [0.29, 0.717) is 24.6 Å². The lowest BCUT2D eigenvalue weighted by molar-refractivity contribution is -0.141. The second-order valence-corrected chi connectivity index (χ2v) is 8.28. The van der Waals surface area contributed by atoms with E-state index in [4.69, 9.17) is 9.47 Å². The van der Waals surface area contributed by atoms with Gasteiger partial charge in [-0.15, -0.1) is 0 Å². The Morgan fingerprint density at radius 2 is 1.81 bits per heavy atom. The Morgan fingerprint density at radius 3 is 2.45 bits per heavy atom. The van der Waals surface area contributed by atoms with Gasteiger partial charge in [0, 0.05) is 18.3 Å². The highest BCUT2D eigenvalue weighted by Crippen LogP contribution is 2.28. The van der Waals surface area contributed by atoms with E-state index in [1.807, 2.05) is 56.0 Å². The maximum absolute atomic E-state index is 13.5. The van der Waals surface area contributed by atoms with Crippen molar-refractivity contribution in [3.63, 3.8) is 0 Å². The molecule has 2 aromatic rings. The van der Waals surface area contributed by atoms with Crippen LogP contribution in [0, 0.1) is 13.8 Å². The number of aromatic amines is 1. The van der Waals surface area contributed by atoms with Gasteiger partial charge < -0.3 is 19.4 Å². The molecule has 1 saturated carbocycles. The third-order valence-electron chi connectivity index (χ3n) is 6.10. The van der Waals surface area contributed by atoms with E-state index in [1.165, 1.54) is 6.42 Å². The summed E-state index contributed by atoms with van der Waals surface area (Å²) >= 11 is 0. The molecular formula is C25H34N2O4. The third-order valence-corrected chi connectivity index (χ3v) is 6.10. The molecule has 1 unspecified atom stereocenters. The van der Waals surface area contributed by atoms with E-state index >= 15 is 0 Å². The quantitative estimate of drug-likeness (QED) is 0.607. The maximum atomic E-state index is 13.5. The minimum atomic E-state index is -0.589. The van der Waals surface area contributed by atoms with Gasteiger partial charge in [0.25, 0.3) is 5.91 Å². The number of nitrogens with one attached hydrogen (secondary N) is 1. The van der Waals surface area contributed by atoms with E-state index in [0.717, 1.165) is 42.5 Å². The Balaban J connectivity index is 1.84. The van der Waals surface area contributed by atoms with Gasteiger partial charge in [0.15, 0.2) is 6.10 Å². The molecule has 0 spiro atoms. The smallest absolute Gasteiger partial charge is 0.355 e. The largest absolute Gasteiger partial charge is 0.481 e. The van der Waals surface area contributed by atoms with Crippen molar-refractivity contribution in [2.24, 2.45) is 0 Å². The van der Waals surface area contributed by atoms with Crippen molar-refractivity contribution in [3.05, 3.63) is 52.8 Å². The minimum Gasteiger partial charge on any atom is -0.481 e. The summed E-state index contributed by atoms with van der Waals surface area (Å²) in [7, 11) is 0. The number of aromatic nitrogens is 1. The zero-order valence-corrected chi connectivity index (χ0v) is 19.1. The zero-order valence-electron chi connectivity index (χ0n) is 19.1. The van der Waals surface area contributed by atoms with Crippen LogP contribution in [-0.4, -0.2) is 40.5 Å². The molecule has 1 heterocycles. The number of benzene rings is 1. The lowest BCUT2D eigenvalue weighted by Gasteiger charge is -2.36. The number of carbonyl (C=O) groups is 2. The van der Waals surface area contributed by atoms with Gasteiger partial charge in [0.2, 0.25) is 0 Å². The van der Waals surface area contributed by atoms with E-state index in [-0.39, 0.29) is 17.9 Å². The number of ether oxygens (including phenoxy) is 2.